The second kappa shape index (κ2) is 4.57. The van der Waals surface area contributed by atoms with E-state index in [2.05, 4.69) is 35.9 Å². The predicted octanol–water partition coefficient (Wildman–Crippen LogP) is 3.37. The molecule has 4 saturated carbocycles. The molecule has 4 aliphatic carbocycles. The van der Waals surface area contributed by atoms with E-state index in [-0.39, 0.29) is 11.1 Å². The van der Waals surface area contributed by atoms with Gasteiger partial charge in [-0.1, -0.05) is 13.8 Å². The van der Waals surface area contributed by atoms with E-state index in [1.54, 1.807) is 7.11 Å². The Labute approximate surface area is 133 Å². The third kappa shape index (κ3) is 2.15. The minimum atomic E-state index is 0.0166. The second-order valence-corrected chi connectivity index (χ2v) is 8.88. The van der Waals surface area contributed by atoms with E-state index in [4.69, 9.17) is 9.47 Å². The Kier molecular flexibility index (Phi) is 3.06. The van der Waals surface area contributed by atoms with Gasteiger partial charge in [-0.2, -0.15) is 5.10 Å². The zero-order valence-corrected chi connectivity index (χ0v) is 14.1. The summed E-state index contributed by atoms with van der Waals surface area (Å²) in [7, 11) is 1.75. The molecule has 1 aromatic rings. The van der Waals surface area contributed by atoms with Crippen molar-refractivity contribution in [1.82, 2.24) is 9.78 Å². The van der Waals surface area contributed by atoms with Crippen molar-refractivity contribution < 1.29 is 9.47 Å². The summed E-state index contributed by atoms with van der Waals surface area (Å²) >= 11 is 0. The molecule has 22 heavy (non-hydrogen) atoms. The maximum absolute atomic E-state index is 6.47. The Hall–Kier alpha value is -0.870. The number of hydrogen-bond donors (Lipinski definition) is 0. The minimum absolute atomic E-state index is 0.0166. The van der Waals surface area contributed by atoms with Crippen LogP contribution in [0.25, 0.3) is 0 Å². The van der Waals surface area contributed by atoms with Crippen LogP contribution in [0.3, 0.4) is 0 Å². The standard InChI is InChI=1S/C18H28N2O2/c1-15-9-16(2)11-17(10-15,20-6-4-5-19-20)14-18(12-15,13-16)22-8-7-21-3/h4-6H,7-14H2,1-3H3. The number of methoxy groups -OCH3 is 1. The second-order valence-electron chi connectivity index (χ2n) is 8.88. The van der Waals surface area contributed by atoms with E-state index in [1.807, 2.05) is 6.20 Å². The summed E-state index contributed by atoms with van der Waals surface area (Å²) in [6.07, 6.45) is 11.4. The van der Waals surface area contributed by atoms with E-state index in [1.165, 1.54) is 32.1 Å². The Bertz CT molecular complexity index is 535. The van der Waals surface area contributed by atoms with Crippen LogP contribution < -0.4 is 0 Å². The van der Waals surface area contributed by atoms with Gasteiger partial charge in [-0.25, -0.2) is 0 Å². The Morgan fingerprint density at radius 1 is 1.00 bits per heavy atom. The summed E-state index contributed by atoms with van der Waals surface area (Å²) in [6.45, 7) is 6.33. The highest BCUT2D eigenvalue weighted by atomic mass is 16.5. The van der Waals surface area contributed by atoms with Gasteiger partial charge in [-0.15, -0.1) is 0 Å². The Morgan fingerprint density at radius 2 is 1.73 bits per heavy atom. The molecule has 4 heteroatoms. The fourth-order valence-electron chi connectivity index (χ4n) is 6.81. The zero-order chi connectivity index (χ0) is 15.5. The van der Waals surface area contributed by atoms with E-state index in [0.29, 0.717) is 24.0 Å². The van der Waals surface area contributed by atoms with E-state index in [0.717, 1.165) is 6.42 Å². The van der Waals surface area contributed by atoms with Gasteiger partial charge in [0.25, 0.3) is 0 Å². The fourth-order valence-corrected chi connectivity index (χ4v) is 6.81. The average Bonchev–Trinajstić information content (AvgIpc) is 2.88. The number of hydrogen-bond acceptors (Lipinski definition) is 3. The molecule has 0 amide bonds. The van der Waals surface area contributed by atoms with Gasteiger partial charge in [0, 0.05) is 25.9 Å². The summed E-state index contributed by atoms with van der Waals surface area (Å²) in [5.41, 5.74) is 0.919. The van der Waals surface area contributed by atoms with Crippen molar-refractivity contribution in [2.24, 2.45) is 10.8 Å². The van der Waals surface area contributed by atoms with Crippen molar-refractivity contribution in [3.8, 4) is 0 Å². The Morgan fingerprint density at radius 3 is 2.32 bits per heavy atom. The van der Waals surface area contributed by atoms with E-state index < -0.39 is 0 Å². The molecule has 1 aromatic heterocycles. The van der Waals surface area contributed by atoms with Crippen LogP contribution in [0.5, 0.6) is 0 Å². The molecule has 0 aromatic carbocycles. The molecular weight excluding hydrogens is 276 g/mol. The molecule has 4 bridgehead atoms. The van der Waals surface area contributed by atoms with Crippen molar-refractivity contribution >= 4 is 0 Å². The Balaban J connectivity index is 1.71. The van der Waals surface area contributed by atoms with Crippen molar-refractivity contribution in [2.75, 3.05) is 20.3 Å². The van der Waals surface area contributed by atoms with Gasteiger partial charge in [0.15, 0.2) is 0 Å². The summed E-state index contributed by atoms with van der Waals surface area (Å²) in [5, 5.41) is 4.63. The first-order valence-corrected chi connectivity index (χ1v) is 8.54. The fraction of sp³-hybridized carbons (Fsp3) is 0.833. The molecule has 0 radical (unpaired) electrons. The predicted molar refractivity (Wildman–Crippen MR) is 84.7 cm³/mol. The first kappa shape index (κ1) is 14.7. The van der Waals surface area contributed by atoms with Crippen molar-refractivity contribution in [1.29, 1.82) is 0 Å². The molecule has 2 unspecified atom stereocenters. The molecule has 4 aliphatic rings. The van der Waals surface area contributed by atoms with Gasteiger partial charge in [-0.05, 0) is 49.0 Å². The van der Waals surface area contributed by atoms with Crippen LogP contribution in [0, 0.1) is 10.8 Å². The molecule has 0 N–H and O–H groups in total. The molecule has 5 rings (SSSR count). The maximum Gasteiger partial charge on any atom is 0.0717 e. The number of nitrogens with zero attached hydrogens (tertiary/aromatic N) is 2. The third-order valence-corrected chi connectivity index (χ3v) is 6.20. The van der Waals surface area contributed by atoms with Crippen LogP contribution in [-0.2, 0) is 15.0 Å². The molecule has 2 atom stereocenters. The van der Waals surface area contributed by atoms with Crippen LogP contribution in [0.4, 0.5) is 0 Å². The first-order chi connectivity index (χ1) is 10.4. The molecule has 4 fully saturated rings. The van der Waals surface area contributed by atoms with Crippen molar-refractivity contribution in [2.45, 2.75) is 63.5 Å². The highest BCUT2D eigenvalue weighted by Crippen LogP contribution is 2.70. The first-order valence-electron chi connectivity index (χ1n) is 8.54. The zero-order valence-electron chi connectivity index (χ0n) is 14.1. The van der Waals surface area contributed by atoms with Crippen LogP contribution >= 0.6 is 0 Å². The lowest BCUT2D eigenvalue weighted by Crippen LogP contribution is -2.66. The molecule has 4 nitrogen and oxygen atoms in total. The topological polar surface area (TPSA) is 36.3 Å². The van der Waals surface area contributed by atoms with Gasteiger partial charge in [0.1, 0.15) is 0 Å². The van der Waals surface area contributed by atoms with Crippen LogP contribution in [0.2, 0.25) is 0 Å². The molecule has 0 saturated heterocycles. The van der Waals surface area contributed by atoms with Crippen LogP contribution in [0.1, 0.15) is 52.4 Å². The number of rotatable bonds is 5. The summed E-state index contributed by atoms with van der Waals surface area (Å²) in [4.78, 5) is 0. The SMILES string of the molecule is COCCOC12CC3(C)CC(C)(C1)CC(n1cccn1)(C3)C2. The average molecular weight is 304 g/mol. The van der Waals surface area contributed by atoms with Gasteiger partial charge in [0.05, 0.1) is 24.4 Å². The smallest absolute Gasteiger partial charge is 0.0717 e. The van der Waals surface area contributed by atoms with Crippen molar-refractivity contribution in [3.05, 3.63) is 18.5 Å². The highest BCUT2D eigenvalue weighted by Gasteiger charge is 2.67. The monoisotopic (exact) mass is 304 g/mol. The lowest BCUT2D eigenvalue weighted by atomic mass is 9.41. The van der Waals surface area contributed by atoms with E-state index in [9.17, 15) is 0 Å². The quantitative estimate of drug-likeness (QED) is 0.783. The molecule has 122 valence electrons. The lowest BCUT2D eigenvalue weighted by molar-refractivity contribution is -0.242. The molecular formula is C18H28N2O2. The van der Waals surface area contributed by atoms with Gasteiger partial charge < -0.3 is 9.47 Å². The lowest BCUT2D eigenvalue weighted by Gasteiger charge is -2.68. The molecule has 0 aliphatic heterocycles. The van der Waals surface area contributed by atoms with Crippen molar-refractivity contribution in [3.63, 3.8) is 0 Å². The van der Waals surface area contributed by atoms with E-state index >= 15 is 0 Å². The molecule has 0 spiro atoms. The van der Waals surface area contributed by atoms with Crippen LogP contribution in [0.15, 0.2) is 18.5 Å². The number of aromatic nitrogens is 2. The van der Waals surface area contributed by atoms with Gasteiger partial charge in [0.2, 0.25) is 0 Å². The summed E-state index contributed by atoms with van der Waals surface area (Å²) in [5.74, 6) is 0. The van der Waals surface area contributed by atoms with Gasteiger partial charge >= 0.3 is 0 Å². The third-order valence-electron chi connectivity index (χ3n) is 6.20. The van der Waals surface area contributed by atoms with Crippen LogP contribution in [-0.4, -0.2) is 35.7 Å². The minimum Gasteiger partial charge on any atom is -0.382 e. The maximum atomic E-state index is 6.47. The molecule has 1 heterocycles. The highest BCUT2D eigenvalue weighted by molar-refractivity contribution is 5.18. The summed E-state index contributed by atoms with van der Waals surface area (Å²) in [6, 6.07) is 2.06. The summed E-state index contributed by atoms with van der Waals surface area (Å²) < 4.78 is 13.9. The van der Waals surface area contributed by atoms with Gasteiger partial charge in [-0.3, -0.25) is 4.68 Å². The normalized spacial score (nSPS) is 46.3. The number of ether oxygens (including phenoxy) is 2. The largest absolute Gasteiger partial charge is 0.382 e.